The van der Waals surface area contributed by atoms with E-state index in [1.807, 2.05) is 0 Å². The van der Waals surface area contributed by atoms with Crippen LogP contribution in [0.2, 0.25) is 0 Å². The Morgan fingerprint density at radius 1 is 0.714 bits per heavy atom. The second-order valence-electron chi connectivity index (χ2n) is 6.26. The van der Waals surface area contributed by atoms with E-state index in [9.17, 15) is 0 Å². The third kappa shape index (κ3) is 3.57. The summed E-state index contributed by atoms with van der Waals surface area (Å²) < 4.78 is 24.1. The van der Waals surface area contributed by atoms with Crippen LogP contribution in [-0.4, -0.2) is 51.1 Å². The summed E-state index contributed by atoms with van der Waals surface area (Å²) in [5.74, 6) is -1.06. The largest absolute Gasteiger partial charge is 0.349 e. The Labute approximate surface area is 127 Å². The van der Waals surface area contributed by atoms with Gasteiger partial charge in [0, 0.05) is 12.8 Å². The second-order valence-corrected chi connectivity index (χ2v) is 6.26. The molecular weight excluding hydrogens is 272 g/mol. The van der Waals surface area contributed by atoms with Gasteiger partial charge in [-0.2, -0.15) is 0 Å². The summed E-state index contributed by atoms with van der Waals surface area (Å²) in [6.07, 6.45) is 3.03. The van der Waals surface area contributed by atoms with Crippen molar-refractivity contribution >= 4 is 0 Å². The van der Waals surface area contributed by atoms with Crippen molar-refractivity contribution in [3.8, 4) is 0 Å². The standard InChI is InChI=1S/C15H30N2O4/c1-3-14(5-7-16)18-9-13(10-19-14)11-20-15(4-2,6-8-17)21-12-13/h3-12,16-17H2,1-2H3. The van der Waals surface area contributed by atoms with Crippen LogP contribution in [0.1, 0.15) is 39.5 Å². The van der Waals surface area contributed by atoms with E-state index in [1.165, 1.54) is 0 Å². The van der Waals surface area contributed by atoms with Crippen LogP contribution in [0, 0.1) is 5.41 Å². The minimum absolute atomic E-state index is 0.208. The molecule has 6 nitrogen and oxygen atoms in total. The van der Waals surface area contributed by atoms with E-state index in [2.05, 4.69) is 13.8 Å². The number of nitrogens with two attached hydrogens (primary N) is 2. The predicted molar refractivity (Wildman–Crippen MR) is 79.6 cm³/mol. The van der Waals surface area contributed by atoms with Gasteiger partial charge in [0.05, 0.1) is 31.8 Å². The normalized spacial score (nSPS) is 40.6. The van der Waals surface area contributed by atoms with Gasteiger partial charge in [-0.15, -0.1) is 0 Å². The summed E-state index contributed by atoms with van der Waals surface area (Å²) in [7, 11) is 0. The van der Waals surface area contributed by atoms with Crippen LogP contribution in [0.4, 0.5) is 0 Å². The highest BCUT2D eigenvalue weighted by Crippen LogP contribution is 2.40. The molecule has 0 aromatic heterocycles. The van der Waals surface area contributed by atoms with Gasteiger partial charge in [0.15, 0.2) is 11.6 Å². The smallest absolute Gasteiger partial charge is 0.169 e. The molecular formula is C15H30N2O4. The molecule has 2 rings (SSSR count). The highest BCUT2D eigenvalue weighted by molar-refractivity contribution is 4.90. The van der Waals surface area contributed by atoms with Crippen molar-refractivity contribution in [2.24, 2.45) is 16.9 Å². The lowest BCUT2D eigenvalue weighted by molar-refractivity contribution is -0.369. The lowest BCUT2D eigenvalue weighted by Gasteiger charge is -2.51. The fourth-order valence-corrected chi connectivity index (χ4v) is 2.96. The maximum Gasteiger partial charge on any atom is 0.169 e. The maximum absolute atomic E-state index is 6.02. The van der Waals surface area contributed by atoms with Crippen LogP contribution < -0.4 is 11.5 Å². The molecule has 124 valence electrons. The summed E-state index contributed by atoms with van der Waals surface area (Å²) >= 11 is 0. The van der Waals surface area contributed by atoms with Crippen molar-refractivity contribution in [1.29, 1.82) is 0 Å². The van der Waals surface area contributed by atoms with Crippen LogP contribution >= 0.6 is 0 Å². The number of hydrogen-bond acceptors (Lipinski definition) is 6. The maximum atomic E-state index is 6.02. The summed E-state index contributed by atoms with van der Waals surface area (Å²) in [5, 5.41) is 0. The quantitative estimate of drug-likeness (QED) is 0.760. The van der Waals surface area contributed by atoms with E-state index < -0.39 is 11.6 Å². The van der Waals surface area contributed by atoms with Gasteiger partial charge in [0.2, 0.25) is 0 Å². The zero-order valence-electron chi connectivity index (χ0n) is 13.4. The molecule has 0 aromatic carbocycles. The highest BCUT2D eigenvalue weighted by Gasteiger charge is 2.49. The third-order valence-corrected chi connectivity index (χ3v) is 4.69. The van der Waals surface area contributed by atoms with Crippen LogP contribution in [0.5, 0.6) is 0 Å². The average molecular weight is 302 g/mol. The van der Waals surface area contributed by atoms with Crippen molar-refractivity contribution in [2.45, 2.75) is 51.1 Å². The number of hydrogen-bond donors (Lipinski definition) is 2. The first-order valence-electron chi connectivity index (χ1n) is 8.03. The molecule has 0 unspecified atom stereocenters. The molecule has 21 heavy (non-hydrogen) atoms. The molecule has 4 N–H and O–H groups in total. The average Bonchev–Trinajstić information content (AvgIpc) is 2.53. The fourth-order valence-electron chi connectivity index (χ4n) is 2.96. The van der Waals surface area contributed by atoms with Crippen molar-refractivity contribution in [3.05, 3.63) is 0 Å². The van der Waals surface area contributed by atoms with Crippen LogP contribution in [0.3, 0.4) is 0 Å². The van der Waals surface area contributed by atoms with Gasteiger partial charge in [-0.25, -0.2) is 0 Å². The molecule has 2 fully saturated rings. The van der Waals surface area contributed by atoms with Gasteiger partial charge in [-0.3, -0.25) is 0 Å². The van der Waals surface area contributed by atoms with Gasteiger partial charge in [0.25, 0.3) is 0 Å². The molecule has 0 radical (unpaired) electrons. The van der Waals surface area contributed by atoms with Gasteiger partial charge in [-0.05, 0) is 25.9 Å². The Hall–Kier alpha value is -0.240. The Morgan fingerprint density at radius 2 is 1.05 bits per heavy atom. The van der Waals surface area contributed by atoms with E-state index in [0.717, 1.165) is 12.8 Å². The van der Waals surface area contributed by atoms with E-state index >= 15 is 0 Å². The van der Waals surface area contributed by atoms with E-state index in [-0.39, 0.29) is 5.41 Å². The Morgan fingerprint density at radius 3 is 1.29 bits per heavy atom. The molecule has 0 aromatic rings. The van der Waals surface area contributed by atoms with Gasteiger partial charge in [-0.1, -0.05) is 13.8 Å². The van der Waals surface area contributed by atoms with E-state index in [0.29, 0.717) is 52.4 Å². The summed E-state index contributed by atoms with van der Waals surface area (Å²) in [5.41, 5.74) is 11.1. The molecule has 1 spiro atoms. The van der Waals surface area contributed by atoms with Crippen LogP contribution in [-0.2, 0) is 18.9 Å². The van der Waals surface area contributed by atoms with Crippen molar-refractivity contribution in [3.63, 3.8) is 0 Å². The Bertz CT molecular complexity index is 286. The molecule has 6 heteroatoms. The molecule has 0 aliphatic carbocycles. The molecule has 2 aliphatic heterocycles. The van der Waals surface area contributed by atoms with Crippen LogP contribution in [0.25, 0.3) is 0 Å². The van der Waals surface area contributed by atoms with Crippen molar-refractivity contribution < 1.29 is 18.9 Å². The lowest BCUT2D eigenvalue weighted by atomic mass is 9.88. The zero-order valence-corrected chi connectivity index (χ0v) is 13.4. The third-order valence-electron chi connectivity index (χ3n) is 4.69. The van der Waals surface area contributed by atoms with Crippen LogP contribution in [0.15, 0.2) is 0 Å². The molecule has 0 amide bonds. The summed E-state index contributed by atoms with van der Waals surface area (Å²) in [6.45, 7) is 7.58. The molecule has 0 atom stereocenters. The lowest BCUT2D eigenvalue weighted by Crippen LogP contribution is -2.59. The molecule has 2 saturated heterocycles. The van der Waals surface area contributed by atoms with Gasteiger partial charge < -0.3 is 30.4 Å². The van der Waals surface area contributed by atoms with Crippen molar-refractivity contribution in [2.75, 3.05) is 39.5 Å². The molecule has 2 heterocycles. The first kappa shape index (κ1) is 17.1. The summed E-state index contributed by atoms with van der Waals surface area (Å²) in [4.78, 5) is 0. The Kier molecular flexibility index (Phi) is 5.62. The minimum atomic E-state index is -0.531. The first-order chi connectivity index (χ1) is 10.1. The summed E-state index contributed by atoms with van der Waals surface area (Å²) in [6, 6.07) is 0. The zero-order chi connectivity index (χ0) is 15.4. The number of ether oxygens (including phenoxy) is 4. The molecule has 2 aliphatic rings. The van der Waals surface area contributed by atoms with E-state index in [4.69, 9.17) is 30.4 Å². The van der Waals surface area contributed by atoms with Crippen molar-refractivity contribution in [1.82, 2.24) is 0 Å². The number of rotatable bonds is 6. The second kappa shape index (κ2) is 6.89. The molecule has 0 saturated carbocycles. The van der Waals surface area contributed by atoms with Gasteiger partial charge >= 0.3 is 0 Å². The monoisotopic (exact) mass is 302 g/mol. The fraction of sp³-hybridized carbons (Fsp3) is 1.00. The predicted octanol–water partition coefficient (Wildman–Crippen LogP) is 0.977. The highest BCUT2D eigenvalue weighted by atomic mass is 16.7. The Balaban J connectivity index is 1.93. The van der Waals surface area contributed by atoms with Gasteiger partial charge in [0.1, 0.15) is 0 Å². The first-order valence-corrected chi connectivity index (χ1v) is 8.03. The SMILES string of the molecule is CCC1(CCN)OCC2(CO1)COC(CC)(CCN)OC2. The topological polar surface area (TPSA) is 89.0 Å². The van der Waals surface area contributed by atoms with E-state index in [1.54, 1.807) is 0 Å². The minimum Gasteiger partial charge on any atom is -0.349 e. The molecule has 0 bridgehead atoms.